The van der Waals surface area contributed by atoms with Crippen LogP contribution in [0.4, 0.5) is 5.69 Å². The van der Waals surface area contributed by atoms with Crippen LogP contribution in [0.25, 0.3) is 0 Å². The van der Waals surface area contributed by atoms with E-state index in [9.17, 15) is 18.0 Å². The van der Waals surface area contributed by atoms with Crippen LogP contribution in [0.2, 0.25) is 0 Å². The summed E-state index contributed by atoms with van der Waals surface area (Å²) in [6.07, 6.45) is 10.0. The van der Waals surface area contributed by atoms with Crippen LogP contribution in [0, 0.1) is 17.8 Å². The van der Waals surface area contributed by atoms with E-state index in [4.69, 9.17) is 9.29 Å². The first-order chi connectivity index (χ1) is 20.9. The van der Waals surface area contributed by atoms with E-state index in [0.29, 0.717) is 25.2 Å². The highest BCUT2D eigenvalue weighted by molar-refractivity contribution is 7.85. The minimum absolute atomic E-state index is 0.0113. The van der Waals surface area contributed by atoms with Crippen LogP contribution in [0.1, 0.15) is 102 Å². The van der Waals surface area contributed by atoms with E-state index in [-0.39, 0.29) is 41.5 Å². The largest absolute Gasteiger partial charge is 0.493 e. The molecule has 3 N–H and O–H groups in total. The van der Waals surface area contributed by atoms with E-state index in [1.807, 2.05) is 24.3 Å². The molecule has 0 aliphatic heterocycles. The summed E-state index contributed by atoms with van der Waals surface area (Å²) in [5.41, 5.74) is 2.94. The summed E-state index contributed by atoms with van der Waals surface area (Å²) >= 11 is 0. The maximum Gasteiger partial charge on any atom is 0.266 e. The Bertz CT molecular complexity index is 1320. The van der Waals surface area contributed by atoms with Gasteiger partial charge in [-0.3, -0.25) is 14.1 Å². The quantitative estimate of drug-likeness (QED) is 0.221. The molecular formula is C35H50N2O6S. The van der Waals surface area contributed by atoms with Crippen LogP contribution in [0.3, 0.4) is 0 Å². The summed E-state index contributed by atoms with van der Waals surface area (Å²) in [5, 5.41) is 5.77. The summed E-state index contributed by atoms with van der Waals surface area (Å²) in [6.45, 7) is 7.16. The highest BCUT2D eigenvalue weighted by Gasteiger charge is 2.31. The molecule has 0 heterocycles. The lowest BCUT2D eigenvalue weighted by atomic mass is 9.76. The first kappa shape index (κ1) is 34.0. The van der Waals surface area contributed by atoms with Crippen molar-refractivity contribution in [2.75, 3.05) is 24.2 Å². The summed E-state index contributed by atoms with van der Waals surface area (Å²) < 4.78 is 36.9. The molecule has 2 saturated carbocycles. The van der Waals surface area contributed by atoms with Crippen LogP contribution in [-0.4, -0.2) is 43.7 Å². The molecule has 2 aromatic carbocycles. The number of rotatable bonds is 12. The van der Waals surface area contributed by atoms with Gasteiger partial charge in [-0.15, -0.1) is 0 Å². The van der Waals surface area contributed by atoms with Crippen LogP contribution in [0.5, 0.6) is 5.75 Å². The van der Waals surface area contributed by atoms with Gasteiger partial charge >= 0.3 is 0 Å². The molecule has 1 unspecified atom stereocenters. The summed E-state index contributed by atoms with van der Waals surface area (Å²) in [4.78, 5) is 26.3. The average Bonchev–Trinajstić information content (AvgIpc) is 2.99. The third-order valence-corrected chi connectivity index (χ3v) is 9.99. The van der Waals surface area contributed by atoms with Crippen LogP contribution < -0.4 is 15.4 Å². The molecule has 2 aromatic rings. The number of hydrogen-bond donors (Lipinski definition) is 3. The van der Waals surface area contributed by atoms with Crippen molar-refractivity contribution in [2.24, 2.45) is 17.8 Å². The Kier molecular flexibility index (Phi) is 11.9. The fourth-order valence-corrected chi connectivity index (χ4v) is 6.84. The lowest BCUT2D eigenvalue weighted by molar-refractivity contribution is -0.126. The minimum Gasteiger partial charge on any atom is -0.493 e. The number of carbonyl (C=O) groups excluding carboxylic acids is 2. The van der Waals surface area contributed by atoms with Crippen molar-refractivity contribution < 1.29 is 27.3 Å². The Hall–Kier alpha value is -2.91. The Morgan fingerprint density at radius 2 is 1.52 bits per heavy atom. The maximum atomic E-state index is 13.8. The van der Waals surface area contributed by atoms with Gasteiger partial charge in [0.25, 0.3) is 10.1 Å². The van der Waals surface area contributed by atoms with Crippen molar-refractivity contribution in [1.82, 2.24) is 5.32 Å². The van der Waals surface area contributed by atoms with E-state index in [2.05, 4.69) is 55.7 Å². The van der Waals surface area contributed by atoms with E-state index < -0.39 is 15.9 Å². The zero-order valence-electron chi connectivity index (χ0n) is 26.5. The number of ether oxygens (including phenoxy) is 1. The summed E-state index contributed by atoms with van der Waals surface area (Å²) in [6, 6.07) is 16.0. The van der Waals surface area contributed by atoms with Gasteiger partial charge in [0.2, 0.25) is 11.8 Å². The second-order valence-electron chi connectivity index (χ2n) is 13.8. The second kappa shape index (κ2) is 15.4. The van der Waals surface area contributed by atoms with Crippen molar-refractivity contribution in [3.8, 4) is 5.75 Å². The van der Waals surface area contributed by atoms with Crippen LogP contribution in [-0.2, 0) is 25.1 Å². The van der Waals surface area contributed by atoms with Crippen molar-refractivity contribution >= 4 is 27.6 Å². The van der Waals surface area contributed by atoms with E-state index in [0.717, 1.165) is 36.4 Å². The van der Waals surface area contributed by atoms with E-state index in [1.54, 1.807) is 0 Å². The Labute approximate surface area is 263 Å². The standard InChI is InChI=1S/C35H50N2O6S/c1-35(2,3)29-15-13-27(14-16-29)32(23-25-9-11-28(12-10-25)33(38)36-21-22-44(40,41)42)34(39)37-30-17-19-31(20-18-30)43-24-26-7-5-4-6-8-26/h13-20,25-26,28,32H,4-12,21-24H2,1-3H3,(H,36,38)(H,37,39)(H,40,41,42)/t25-,28-,32?. The molecule has 8 nitrogen and oxygen atoms in total. The van der Waals surface area contributed by atoms with Gasteiger partial charge in [-0.1, -0.05) is 64.3 Å². The average molecular weight is 627 g/mol. The molecular weight excluding hydrogens is 576 g/mol. The number of benzene rings is 2. The normalized spacial score (nSPS) is 20.5. The lowest BCUT2D eigenvalue weighted by Crippen LogP contribution is -2.36. The van der Waals surface area contributed by atoms with Crippen LogP contribution in [0.15, 0.2) is 48.5 Å². The lowest BCUT2D eigenvalue weighted by Gasteiger charge is -2.30. The summed E-state index contributed by atoms with van der Waals surface area (Å²) in [5.74, 6) is 0.492. The van der Waals surface area contributed by atoms with Gasteiger partial charge in [-0.05, 0) is 97.6 Å². The summed E-state index contributed by atoms with van der Waals surface area (Å²) in [7, 11) is -4.11. The van der Waals surface area contributed by atoms with Crippen molar-refractivity contribution in [3.63, 3.8) is 0 Å². The molecule has 0 radical (unpaired) electrons. The molecule has 9 heteroatoms. The molecule has 2 amide bonds. The molecule has 0 bridgehead atoms. The SMILES string of the molecule is CC(C)(C)c1ccc(C(C[C@H]2CC[C@H](C(=O)NCCS(=O)(=O)O)CC2)C(=O)Nc2ccc(OCC3CCCCC3)cc2)cc1. The Morgan fingerprint density at radius 1 is 0.886 bits per heavy atom. The van der Waals surface area contributed by atoms with Gasteiger partial charge in [0.1, 0.15) is 5.75 Å². The van der Waals surface area contributed by atoms with Gasteiger partial charge in [0.05, 0.1) is 18.3 Å². The Balaban J connectivity index is 1.37. The van der Waals surface area contributed by atoms with Gasteiger partial charge in [-0.2, -0.15) is 8.42 Å². The van der Waals surface area contributed by atoms with Crippen molar-refractivity contribution in [3.05, 3.63) is 59.7 Å². The van der Waals surface area contributed by atoms with Gasteiger partial charge in [0, 0.05) is 18.2 Å². The van der Waals surface area contributed by atoms with Gasteiger partial charge in [0.15, 0.2) is 0 Å². The molecule has 4 rings (SSSR count). The first-order valence-electron chi connectivity index (χ1n) is 16.2. The fourth-order valence-electron chi connectivity index (χ4n) is 6.48. The first-order valence-corrected chi connectivity index (χ1v) is 17.9. The van der Waals surface area contributed by atoms with Crippen molar-refractivity contribution in [2.45, 2.75) is 96.3 Å². The fraction of sp³-hybridized carbons (Fsp3) is 0.600. The number of carbonyl (C=O) groups is 2. The monoisotopic (exact) mass is 626 g/mol. The molecule has 44 heavy (non-hydrogen) atoms. The molecule has 0 spiro atoms. The van der Waals surface area contributed by atoms with Gasteiger partial charge in [-0.25, -0.2) is 0 Å². The topological polar surface area (TPSA) is 122 Å². The maximum absolute atomic E-state index is 13.8. The number of amides is 2. The second-order valence-corrected chi connectivity index (χ2v) is 15.4. The van der Waals surface area contributed by atoms with E-state index in [1.165, 1.54) is 37.7 Å². The van der Waals surface area contributed by atoms with Gasteiger partial charge < -0.3 is 15.4 Å². The zero-order chi connectivity index (χ0) is 31.7. The third kappa shape index (κ3) is 10.6. The predicted octanol–water partition coefficient (Wildman–Crippen LogP) is 6.87. The molecule has 2 aliphatic carbocycles. The smallest absolute Gasteiger partial charge is 0.266 e. The molecule has 1 atom stereocenters. The molecule has 2 aliphatic rings. The number of anilines is 1. The number of nitrogens with one attached hydrogen (secondary N) is 2. The zero-order valence-corrected chi connectivity index (χ0v) is 27.3. The molecule has 242 valence electrons. The van der Waals surface area contributed by atoms with E-state index >= 15 is 0 Å². The third-order valence-electron chi connectivity index (χ3n) is 9.27. The number of hydrogen-bond acceptors (Lipinski definition) is 5. The van der Waals surface area contributed by atoms with Crippen LogP contribution >= 0.6 is 0 Å². The van der Waals surface area contributed by atoms with Crippen molar-refractivity contribution in [1.29, 1.82) is 0 Å². The molecule has 0 aromatic heterocycles. The highest BCUT2D eigenvalue weighted by Crippen LogP contribution is 2.37. The highest BCUT2D eigenvalue weighted by atomic mass is 32.2. The minimum atomic E-state index is -4.11. The molecule has 2 fully saturated rings. The molecule has 0 saturated heterocycles. The Morgan fingerprint density at radius 3 is 2.11 bits per heavy atom. The predicted molar refractivity (Wildman–Crippen MR) is 175 cm³/mol.